The van der Waals surface area contributed by atoms with Crippen LogP contribution in [0.15, 0.2) is 70.6 Å². The second-order valence-corrected chi connectivity index (χ2v) is 12.5. The Morgan fingerprint density at radius 2 is 0.955 bits per heavy atom. The van der Waals surface area contributed by atoms with Crippen molar-refractivity contribution < 1.29 is 82.2 Å². The van der Waals surface area contributed by atoms with Gasteiger partial charge in [-0.2, -0.15) is 43.2 Å². The summed E-state index contributed by atoms with van der Waals surface area (Å²) in [6.45, 7) is 5.41. The number of aliphatic imine (C=N–C) groups is 2. The summed E-state index contributed by atoms with van der Waals surface area (Å²) in [4.78, 5) is 9.68. The predicted octanol–water partition coefficient (Wildman–Crippen LogP) is 4.88. The molecule has 0 saturated heterocycles. The molecule has 0 spiro atoms. The zero-order valence-corrected chi connectivity index (χ0v) is 26.1. The number of alkyl halides is 6. The minimum absolute atomic E-state index is 0. The Kier molecular flexibility index (Phi) is 14.0. The Balaban J connectivity index is 0.000000474. The van der Waals surface area contributed by atoms with Gasteiger partial charge < -0.3 is 9.47 Å². The van der Waals surface area contributed by atoms with E-state index in [0.717, 1.165) is 24.6 Å². The Morgan fingerprint density at radius 3 is 1.20 bits per heavy atom. The first-order valence-corrected chi connectivity index (χ1v) is 15.1. The number of nitrogens with zero attached hydrogens (tertiary/aromatic N) is 2. The molecule has 4 rings (SSSR count). The standard InChI is InChI=1S/C23H26N2O2.2CHF3O3S.Pd/c1-23(2,21-24-19(15-26-21)13-17-9-5-3-6-10-17)22-25-20(16-27-22)14-18-11-7-4-8-12-18;2*2-1(3,4)8(5,6)7;/h3-12,19-20H,13-16H2,1-2H3;2*(H,5,6,7);/t19-,20-;;;/m0.../s1. The van der Waals surface area contributed by atoms with Crippen LogP contribution in [0.4, 0.5) is 26.3 Å². The fourth-order valence-corrected chi connectivity index (χ4v) is 3.59. The van der Waals surface area contributed by atoms with Crippen molar-refractivity contribution in [1.82, 2.24) is 0 Å². The zero-order chi connectivity index (χ0) is 32.7. The maximum absolute atomic E-state index is 10.7. The summed E-state index contributed by atoms with van der Waals surface area (Å²) in [5, 5.41) is 0. The Hall–Kier alpha value is -2.56. The van der Waals surface area contributed by atoms with Crippen molar-refractivity contribution in [2.45, 2.75) is 49.8 Å². The zero-order valence-electron chi connectivity index (χ0n) is 22.9. The number of halogens is 6. The molecular formula is C25H28F6N2O8PdS2. The number of hydrogen-bond donors (Lipinski definition) is 2. The van der Waals surface area contributed by atoms with E-state index in [1.165, 1.54) is 11.1 Å². The minimum atomic E-state index is -5.84. The summed E-state index contributed by atoms with van der Waals surface area (Å²) in [5.74, 6) is 1.48. The molecule has 2 N–H and O–H groups in total. The molecule has 44 heavy (non-hydrogen) atoms. The van der Waals surface area contributed by atoms with Crippen LogP contribution in [0.1, 0.15) is 25.0 Å². The molecule has 0 aromatic heterocycles. The smallest absolute Gasteiger partial charge is 0.478 e. The Bertz CT molecular complexity index is 1370. The van der Waals surface area contributed by atoms with Crippen LogP contribution in [0.3, 0.4) is 0 Å². The largest absolute Gasteiger partial charge is 0.522 e. The van der Waals surface area contributed by atoms with Crippen LogP contribution in [0.5, 0.6) is 0 Å². The van der Waals surface area contributed by atoms with Gasteiger partial charge in [0.15, 0.2) is 11.8 Å². The van der Waals surface area contributed by atoms with E-state index < -0.39 is 36.7 Å². The molecule has 19 heteroatoms. The molecule has 2 atom stereocenters. The first kappa shape index (κ1) is 39.5. The molecule has 2 aromatic carbocycles. The van der Waals surface area contributed by atoms with E-state index in [2.05, 4.69) is 62.4 Å². The van der Waals surface area contributed by atoms with Crippen LogP contribution >= 0.6 is 0 Å². The average Bonchev–Trinajstić information content (AvgIpc) is 3.54. The van der Waals surface area contributed by atoms with Crippen molar-refractivity contribution in [3.05, 3.63) is 71.8 Å². The van der Waals surface area contributed by atoms with Gasteiger partial charge in [0.1, 0.15) is 18.6 Å². The molecule has 2 aromatic rings. The van der Waals surface area contributed by atoms with Crippen molar-refractivity contribution in [3.8, 4) is 0 Å². The van der Waals surface area contributed by atoms with Crippen LogP contribution < -0.4 is 0 Å². The minimum Gasteiger partial charge on any atom is -0.478 e. The summed E-state index contributed by atoms with van der Waals surface area (Å²) in [6, 6.07) is 21.2. The Labute approximate surface area is 263 Å². The van der Waals surface area contributed by atoms with Crippen molar-refractivity contribution in [1.29, 1.82) is 0 Å². The van der Waals surface area contributed by atoms with E-state index in [9.17, 15) is 26.3 Å². The Morgan fingerprint density at radius 1 is 0.682 bits per heavy atom. The van der Waals surface area contributed by atoms with Gasteiger partial charge in [0, 0.05) is 20.4 Å². The molecule has 2 aliphatic heterocycles. The molecule has 0 saturated carbocycles. The fraction of sp³-hybridized carbons (Fsp3) is 0.440. The van der Waals surface area contributed by atoms with Gasteiger partial charge in [-0.3, -0.25) is 9.11 Å². The van der Waals surface area contributed by atoms with E-state index in [1.807, 2.05) is 12.1 Å². The third kappa shape index (κ3) is 12.1. The molecule has 250 valence electrons. The van der Waals surface area contributed by atoms with E-state index in [0.29, 0.717) is 13.2 Å². The molecule has 0 unspecified atom stereocenters. The number of benzene rings is 2. The molecule has 0 amide bonds. The van der Waals surface area contributed by atoms with Gasteiger partial charge in [-0.05, 0) is 37.8 Å². The van der Waals surface area contributed by atoms with Gasteiger partial charge in [-0.15, -0.1) is 0 Å². The summed E-state index contributed by atoms with van der Waals surface area (Å²) in [7, 11) is -11.7. The molecule has 10 nitrogen and oxygen atoms in total. The third-order valence-electron chi connectivity index (χ3n) is 5.71. The van der Waals surface area contributed by atoms with E-state index in [4.69, 9.17) is 45.4 Å². The van der Waals surface area contributed by atoms with Crippen molar-refractivity contribution >= 4 is 32.0 Å². The number of rotatable bonds is 6. The van der Waals surface area contributed by atoms with Crippen molar-refractivity contribution in [3.63, 3.8) is 0 Å². The van der Waals surface area contributed by atoms with Crippen molar-refractivity contribution in [2.75, 3.05) is 13.2 Å². The molecule has 0 fully saturated rings. The quantitative estimate of drug-likeness (QED) is 0.183. The fourth-order valence-electron chi connectivity index (χ4n) is 3.59. The van der Waals surface area contributed by atoms with Gasteiger partial charge >= 0.3 is 31.3 Å². The monoisotopic (exact) mass is 768 g/mol. The van der Waals surface area contributed by atoms with Crippen LogP contribution in [-0.4, -0.2) is 74.1 Å². The van der Waals surface area contributed by atoms with Gasteiger partial charge in [0.05, 0.1) is 12.1 Å². The summed E-state index contributed by atoms with van der Waals surface area (Å²) >= 11 is 0. The molecule has 0 aliphatic carbocycles. The molecule has 2 aliphatic rings. The summed E-state index contributed by atoms with van der Waals surface area (Å²) in [6.07, 6.45) is 1.79. The van der Waals surface area contributed by atoms with Gasteiger partial charge in [-0.1, -0.05) is 60.7 Å². The second kappa shape index (κ2) is 15.6. The second-order valence-electron chi connectivity index (χ2n) is 9.64. The van der Waals surface area contributed by atoms with Crippen LogP contribution in [0.2, 0.25) is 0 Å². The van der Waals surface area contributed by atoms with Crippen molar-refractivity contribution in [2.24, 2.45) is 15.4 Å². The molecular weight excluding hydrogens is 741 g/mol. The number of hydrogen-bond acceptors (Lipinski definition) is 8. The van der Waals surface area contributed by atoms with E-state index >= 15 is 0 Å². The molecule has 0 bridgehead atoms. The summed E-state index contributed by atoms with van der Waals surface area (Å²) in [5.41, 5.74) is -8.94. The molecule has 2 heterocycles. The van der Waals surface area contributed by atoms with Gasteiger partial charge in [-0.25, -0.2) is 9.98 Å². The first-order chi connectivity index (χ1) is 19.6. The van der Waals surface area contributed by atoms with Crippen LogP contribution in [-0.2, 0) is 63.0 Å². The first-order valence-electron chi connectivity index (χ1n) is 12.2. The number of ether oxygens (including phenoxy) is 2. The normalized spacial score (nSPS) is 18.6. The maximum atomic E-state index is 10.7. The molecule has 0 radical (unpaired) electrons. The third-order valence-corrected chi connectivity index (χ3v) is 6.88. The summed E-state index contributed by atoms with van der Waals surface area (Å²) < 4.78 is 127. The van der Waals surface area contributed by atoms with Crippen LogP contribution in [0.25, 0.3) is 0 Å². The average molecular weight is 769 g/mol. The van der Waals surface area contributed by atoms with E-state index in [-0.39, 0.29) is 32.5 Å². The van der Waals surface area contributed by atoms with Gasteiger partial charge in [0.25, 0.3) is 0 Å². The predicted molar refractivity (Wildman–Crippen MR) is 144 cm³/mol. The van der Waals surface area contributed by atoms with Gasteiger partial charge in [0.2, 0.25) is 0 Å². The van der Waals surface area contributed by atoms with E-state index in [1.54, 1.807) is 0 Å². The SMILES string of the molecule is CC(C)(C1=N[C@@H](Cc2ccccc2)CO1)C1=N[C@@H](Cc2ccccc2)CO1.O=S(=O)(O)C(F)(F)F.O=S(=O)(O)C(F)(F)F.[Pd]. The van der Waals surface area contributed by atoms with Crippen LogP contribution in [0, 0.1) is 5.41 Å². The maximum Gasteiger partial charge on any atom is 0.522 e. The topological polar surface area (TPSA) is 152 Å².